The summed E-state index contributed by atoms with van der Waals surface area (Å²) in [6.07, 6.45) is 7.45. The van der Waals surface area contributed by atoms with Gasteiger partial charge in [-0.15, -0.1) is 0 Å². The van der Waals surface area contributed by atoms with Crippen molar-refractivity contribution in [2.24, 2.45) is 0 Å². The third-order valence-electron chi connectivity index (χ3n) is 4.75. The fraction of sp³-hybridized carbons (Fsp3) is 0.333. The van der Waals surface area contributed by atoms with Crippen LogP contribution < -0.4 is 9.80 Å². The highest BCUT2D eigenvalue weighted by atomic mass is 79.9. The van der Waals surface area contributed by atoms with Crippen LogP contribution in [0.1, 0.15) is 12.8 Å². The van der Waals surface area contributed by atoms with Gasteiger partial charge in [-0.3, -0.25) is 4.98 Å². The Morgan fingerprint density at radius 3 is 2.54 bits per heavy atom. The van der Waals surface area contributed by atoms with E-state index in [9.17, 15) is 0 Å². The standard InChI is InChI=1S/C18H18BrClN6/c1-25(18-22-9-12(19)10-23-18)14-4-6-26(7-5-14)17-11-21-16-8-13(20)2-3-15(16)24-17/h2-3,8-11,14H,4-7H2,1H3. The molecule has 6 nitrogen and oxygen atoms in total. The number of rotatable bonds is 3. The highest BCUT2D eigenvalue weighted by Crippen LogP contribution is 2.24. The smallest absolute Gasteiger partial charge is 0.225 e. The van der Waals surface area contributed by atoms with Gasteiger partial charge in [-0.05, 0) is 47.0 Å². The third kappa shape index (κ3) is 3.59. The Morgan fingerprint density at radius 1 is 1.08 bits per heavy atom. The number of benzene rings is 1. The number of nitrogens with zero attached hydrogens (tertiary/aromatic N) is 6. The zero-order chi connectivity index (χ0) is 18.1. The molecule has 0 N–H and O–H groups in total. The van der Waals surface area contributed by atoms with Gasteiger partial charge in [0.05, 0.1) is 21.7 Å². The number of hydrogen-bond acceptors (Lipinski definition) is 6. The van der Waals surface area contributed by atoms with E-state index in [1.165, 1.54) is 0 Å². The summed E-state index contributed by atoms with van der Waals surface area (Å²) >= 11 is 9.39. The molecule has 0 bridgehead atoms. The molecule has 8 heteroatoms. The van der Waals surface area contributed by atoms with Gasteiger partial charge < -0.3 is 9.80 Å². The zero-order valence-corrected chi connectivity index (χ0v) is 16.7. The van der Waals surface area contributed by atoms with E-state index in [4.69, 9.17) is 16.6 Å². The number of aromatic nitrogens is 4. The molecule has 0 aliphatic carbocycles. The molecule has 134 valence electrons. The van der Waals surface area contributed by atoms with Gasteiger partial charge in [-0.1, -0.05) is 11.6 Å². The second-order valence-corrected chi connectivity index (χ2v) is 7.74. The summed E-state index contributed by atoms with van der Waals surface area (Å²) in [5.41, 5.74) is 1.69. The van der Waals surface area contributed by atoms with E-state index in [0.717, 1.165) is 53.2 Å². The van der Waals surface area contributed by atoms with E-state index in [1.807, 2.05) is 24.4 Å². The second kappa shape index (κ2) is 7.32. The van der Waals surface area contributed by atoms with Gasteiger partial charge in [0.25, 0.3) is 0 Å². The zero-order valence-electron chi connectivity index (χ0n) is 14.3. The van der Waals surface area contributed by atoms with Crippen LogP contribution in [-0.4, -0.2) is 46.1 Å². The van der Waals surface area contributed by atoms with Gasteiger partial charge in [0.15, 0.2) is 0 Å². The summed E-state index contributed by atoms with van der Waals surface area (Å²) in [6.45, 7) is 1.86. The largest absolute Gasteiger partial charge is 0.355 e. The summed E-state index contributed by atoms with van der Waals surface area (Å²) in [5.74, 6) is 1.68. The van der Waals surface area contributed by atoms with Crippen LogP contribution in [0.15, 0.2) is 41.3 Å². The molecule has 1 saturated heterocycles. The fourth-order valence-electron chi connectivity index (χ4n) is 3.26. The Hall–Kier alpha value is -1.99. The molecular formula is C18H18BrClN6. The first-order valence-electron chi connectivity index (χ1n) is 8.48. The van der Waals surface area contributed by atoms with Crippen LogP contribution in [0.25, 0.3) is 11.0 Å². The summed E-state index contributed by atoms with van der Waals surface area (Å²) in [7, 11) is 2.06. The van der Waals surface area contributed by atoms with Crippen LogP contribution in [0.3, 0.4) is 0 Å². The summed E-state index contributed by atoms with van der Waals surface area (Å²) < 4.78 is 0.889. The molecule has 3 aromatic rings. The minimum Gasteiger partial charge on any atom is -0.355 e. The lowest BCUT2D eigenvalue weighted by molar-refractivity contribution is 0.475. The van der Waals surface area contributed by atoms with Crippen LogP contribution in [-0.2, 0) is 0 Å². The molecule has 0 amide bonds. The van der Waals surface area contributed by atoms with Crippen LogP contribution in [0.5, 0.6) is 0 Å². The molecule has 1 fully saturated rings. The average molecular weight is 434 g/mol. The maximum absolute atomic E-state index is 6.02. The highest BCUT2D eigenvalue weighted by molar-refractivity contribution is 9.10. The van der Waals surface area contributed by atoms with Crippen molar-refractivity contribution in [1.82, 2.24) is 19.9 Å². The molecule has 1 aliphatic rings. The van der Waals surface area contributed by atoms with E-state index in [2.05, 4.69) is 47.7 Å². The molecule has 0 saturated carbocycles. The normalized spacial score (nSPS) is 15.4. The monoisotopic (exact) mass is 432 g/mol. The van der Waals surface area contributed by atoms with Gasteiger partial charge in [-0.2, -0.15) is 0 Å². The lowest BCUT2D eigenvalue weighted by atomic mass is 10.0. The molecule has 26 heavy (non-hydrogen) atoms. The predicted octanol–water partition coefficient (Wildman–Crippen LogP) is 3.94. The number of halogens is 2. The van der Waals surface area contributed by atoms with Gasteiger partial charge in [0.1, 0.15) is 5.82 Å². The average Bonchev–Trinajstić information content (AvgIpc) is 2.68. The van der Waals surface area contributed by atoms with E-state index >= 15 is 0 Å². The molecule has 2 aromatic heterocycles. The van der Waals surface area contributed by atoms with E-state index < -0.39 is 0 Å². The van der Waals surface area contributed by atoms with Gasteiger partial charge in [0, 0.05) is 43.6 Å². The first-order valence-corrected chi connectivity index (χ1v) is 9.65. The Labute approximate surface area is 165 Å². The Morgan fingerprint density at radius 2 is 1.81 bits per heavy atom. The van der Waals surface area contributed by atoms with Crippen molar-refractivity contribution in [2.45, 2.75) is 18.9 Å². The van der Waals surface area contributed by atoms with Crippen LogP contribution in [0, 0.1) is 0 Å². The Bertz CT molecular complexity index is 911. The molecule has 1 aromatic carbocycles. The number of fused-ring (bicyclic) bond motifs is 1. The fourth-order valence-corrected chi connectivity index (χ4v) is 3.63. The topological polar surface area (TPSA) is 58.0 Å². The van der Waals surface area contributed by atoms with Crippen molar-refractivity contribution in [1.29, 1.82) is 0 Å². The molecule has 0 unspecified atom stereocenters. The van der Waals surface area contributed by atoms with E-state index in [0.29, 0.717) is 11.1 Å². The Balaban J connectivity index is 1.44. The lowest BCUT2D eigenvalue weighted by Crippen LogP contribution is -2.44. The molecular weight excluding hydrogens is 416 g/mol. The highest BCUT2D eigenvalue weighted by Gasteiger charge is 2.25. The van der Waals surface area contributed by atoms with Gasteiger partial charge in [-0.25, -0.2) is 15.0 Å². The molecule has 0 radical (unpaired) electrons. The minimum absolute atomic E-state index is 0.416. The molecule has 4 rings (SSSR count). The lowest BCUT2D eigenvalue weighted by Gasteiger charge is -2.37. The predicted molar refractivity (Wildman–Crippen MR) is 108 cm³/mol. The number of piperidine rings is 1. The number of anilines is 2. The van der Waals surface area contributed by atoms with Crippen molar-refractivity contribution in [3.05, 3.63) is 46.3 Å². The quantitative estimate of drug-likeness (QED) is 0.623. The van der Waals surface area contributed by atoms with Crippen molar-refractivity contribution in [2.75, 3.05) is 29.9 Å². The maximum atomic E-state index is 6.02. The molecule has 1 aliphatic heterocycles. The second-order valence-electron chi connectivity index (χ2n) is 6.39. The molecule has 0 spiro atoms. The van der Waals surface area contributed by atoms with Crippen molar-refractivity contribution >= 4 is 50.3 Å². The number of hydrogen-bond donors (Lipinski definition) is 0. The van der Waals surface area contributed by atoms with Crippen LogP contribution in [0.4, 0.5) is 11.8 Å². The summed E-state index contributed by atoms with van der Waals surface area (Å²) in [5, 5.41) is 0.679. The first-order chi connectivity index (χ1) is 12.6. The minimum atomic E-state index is 0.416. The molecule has 0 atom stereocenters. The van der Waals surface area contributed by atoms with Gasteiger partial charge in [0.2, 0.25) is 5.95 Å². The third-order valence-corrected chi connectivity index (χ3v) is 5.39. The van der Waals surface area contributed by atoms with Gasteiger partial charge >= 0.3 is 0 Å². The summed E-state index contributed by atoms with van der Waals surface area (Å²) in [4.78, 5) is 22.5. The van der Waals surface area contributed by atoms with E-state index in [1.54, 1.807) is 12.4 Å². The van der Waals surface area contributed by atoms with Crippen LogP contribution in [0.2, 0.25) is 5.02 Å². The maximum Gasteiger partial charge on any atom is 0.225 e. The van der Waals surface area contributed by atoms with Crippen molar-refractivity contribution in [3.63, 3.8) is 0 Å². The summed E-state index contributed by atoms with van der Waals surface area (Å²) in [6, 6.07) is 6.02. The van der Waals surface area contributed by atoms with Crippen molar-refractivity contribution in [3.8, 4) is 0 Å². The van der Waals surface area contributed by atoms with Crippen molar-refractivity contribution < 1.29 is 0 Å². The van der Waals surface area contributed by atoms with E-state index in [-0.39, 0.29) is 0 Å². The SMILES string of the molecule is CN(c1ncc(Br)cn1)C1CCN(c2cnc3cc(Cl)ccc3n2)CC1. The first kappa shape index (κ1) is 17.4. The molecule has 3 heterocycles. The van der Waals surface area contributed by atoms with Crippen LogP contribution >= 0.6 is 27.5 Å². The Kier molecular flexibility index (Phi) is 4.91.